The van der Waals surface area contributed by atoms with Gasteiger partial charge in [-0.25, -0.2) is 19.4 Å². The number of likely N-dealkylation sites (N-methyl/N-ethyl adjacent to an activating group) is 1. The minimum absolute atomic E-state index is 0.0551. The minimum atomic E-state index is -0.681. The summed E-state index contributed by atoms with van der Waals surface area (Å²) < 4.78 is 18.9. The third-order valence-corrected chi connectivity index (χ3v) is 4.71. The van der Waals surface area contributed by atoms with Crippen molar-refractivity contribution in [2.45, 2.75) is 25.8 Å². The Bertz CT molecular complexity index is 984. The van der Waals surface area contributed by atoms with Crippen LogP contribution < -0.4 is 10.6 Å². The van der Waals surface area contributed by atoms with Crippen LogP contribution in [0.15, 0.2) is 41.5 Å². The quantitative estimate of drug-likeness (QED) is 0.646. The van der Waals surface area contributed by atoms with Crippen molar-refractivity contribution in [3.8, 4) is 0 Å². The molecule has 0 radical (unpaired) electrons. The average molecular weight is 383 g/mol. The van der Waals surface area contributed by atoms with Crippen LogP contribution in [0.5, 0.6) is 0 Å². The van der Waals surface area contributed by atoms with E-state index in [4.69, 9.17) is 10.5 Å². The number of aromatic nitrogens is 2. The zero-order valence-electron chi connectivity index (χ0n) is 16.2. The summed E-state index contributed by atoms with van der Waals surface area (Å²) in [6, 6.07) is 6.38. The number of rotatable bonds is 4. The molecule has 0 bridgehead atoms. The van der Waals surface area contributed by atoms with Crippen LogP contribution in [0.4, 0.5) is 10.2 Å². The molecule has 0 saturated heterocycles. The van der Waals surface area contributed by atoms with Gasteiger partial charge in [-0.1, -0.05) is 18.2 Å². The highest BCUT2D eigenvalue weighted by Crippen LogP contribution is 2.38. The lowest BCUT2D eigenvalue weighted by atomic mass is 9.88. The lowest BCUT2D eigenvalue weighted by molar-refractivity contribution is -0.121. The van der Waals surface area contributed by atoms with Crippen LogP contribution in [0.1, 0.15) is 30.8 Å². The van der Waals surface area contributed by atoms with Gasteiger partial charge in [0.2, 0.25) is 11.8 Å². The molecule has 7 nitrogen and oxygen atoms in total. The Labute approximate surface area is 162 Å². The van der Waals surface area contributed by atoms with E-state index in [2.05, 4.69) is 15.0 Å². The molecule has 1 aliphatic heterocycles. The smallest absolute Gasteiger partial charge is 0.238 e. The van der Waals surface area contributed by atoms with Gasteiger partial charge in [0, 0.05) is 30.4 Å². The van der Waals surface area contributed by atoms with E-state index >= 15 is 0 Å². The fourth-order valence-electron chi connectivity index (χ4n) is 3.00. The molecule has 2 heterocycles. The summed E-state index contributed by atoms with van der Waals surface area (Å²) >= 11 is 0. The second kappa shape index (κ2) is 7.38. The number of methoxy groups -OCH3 is 1. The fourth-order valence-corrected chi connectivity index (χ4v) is 3.00. The number of amides is 1. The number of hydrogen-bond acceptors (Lipinski definition) is 6. The summed E-state index contributed by atoms with van der Waals surface area (Å²) in [5.41, 5.74) is 6.85. The van der Waals surface area contributed by atoms with E-state index in [1.807, 2.05) is 13.8 Å². The number of aliphatic imine (C=N–C) groups is 1. The van der Waals surface area contributed by atoms with E-state index in [1.165, 1.54) is 24.2 Å². The van der Waals surface area contributed by atoms with Gasteiger partial charge in [-0.15, -0.1) is 0 Å². The van der Waals surface area contributed by atoms with Crippen molar-refractivity contribution in [2.24, 2.45) is 10.7 Å². The van der Waals surface area contributed by atoms with Crippen LogP contribution in [0.2, 0.25) is 0 Å². The summed E-state index contributed by atoms with van der Waals surface area (Å²) in [6.45, 7) is 3.77. The Morgan fingerprint density at radius 1 is 1.39 bits per heavy atom. The standard InChI is InChI=1S/C20H22FN5O2/c1-20(2)13-11-24-17(25-18(13)26(3)19(20)27)15(22)9-16(28-4)23-10-12-7-5-6-8-14(12)21/h5-9,11H,10,22H2,1-4H3. The number of halogens is 1. The van der Waals surface area contributed by atoms with Gasteiger partial charge in [-0.05, 0) is 19.9 Å². The number of carbonyl (C=O) groups is 1. The first-order chi connectivity index (χ1) is 13.3. The van der Waals surface area contributed by atoms with Gasteiger partial charge >= 0.3 is 0 Å². The zero-order chi connectivity index (χ0) is 20.5. The van der Waals surface area contributed by atoms with Crippen molar-refractivity contribution in [2.75, 3.05) is 19.1 Å². The highest BCUT2D eigenvalue weighted by molar-refractivity contribution is 6.06. The topological polar surface area (TPSA) is 93.7 Å². The van der Waals surface area contributed by atoms with E-state index < -0.39 is 5.41 Å². The Morgan fingerprint density at radius 3 is 2.79 bits per heavy atom. The molecule has 3 rings (SSSR count). The van der Waals surface area contributed by atoms with Crippen LogP contribution in [-0.4, -0.2) is 35.9 Å². The van der Waals surface area contributed by atoms with Crippen molar-refractivity contribution >= 4 is 23.3 Å². The largest absolute Gasteiger partial charge is 0.481 e. The van der Waals surface area contributed by atoms with Gasteiger partial charge in [-0.3, -0.25) is 9.69 Å². The predicted molar refractivity (Wildman–Crippen MR) is 105 cm³/mol. The third kappa shape index (κ3) is 3.45. The van der Waals surface area contributed by atoms with Crippen LogP contribution in [0.3, 0.4) is 0 Å². The molecule has 0 fully saturated rings. The normalized spacial score (nSPS) is 16.3. The molecule has 8 heteroatoms. The van der Waals surface area contributed by atoms with Crippen LogP contribution >= 0.6 is 0 Å². The number of fused-ring (bicyclic) bond motifs is 1. The number of nitrogens with zero attached hydrogens (tertiary/aromatic N) is 4. The molecule has 1 aromatic heterocycles. The molecule has 1 aromatic carbocycles. The first kappa shape index (κ1) is 19.5. The van der Waals surface area contributed by atoms with Crippen molar-refractivity contribution in [3.63, 3.8) is 0 Å². The lowest BCUT2D eigenvalue weighted by Crippen LogP contribution is -2.33. The Kier molecular flexibility index (Phi) is 5.13. The molecule has 1 aliphatic rings. The van der Waals surface area contributed by atoms with E-state index in [0.717, 1.165) is 5.56 Å². The van der Waals surface area contributed by atoms with Gasteiger partial charge in [0.05, 0.1) is 24.8 Å². The molecule has 1 amide bonds. The molecule has 0 atom stereocenters. The molecule has 0 saturated carbocycles. The number of hydrogen-bond donors (Lipinski definition) is 1. The van der Waals surface area contributed by atoms with Gasteiger partial charge in [0.25, 0.3) is 0 Å². The second-order valence-corrected chi connectivity index (χ2v) is 6.97. The van der Waals surface area contributed by atoms with Crippen molar-refractivity contribution in [1.82, 2.24) is 9.97 Å². The highest BCUT2D eigenvalue weighted by Gasteiger charge is 2.43. The SMILES string of the molecule is COC(C=C(N)c1ncc2c(n1)N(C)C(=O)C2(C)C)=NCc1ccccc1F. The summed E-state index contributed by atoms with van der Waals surface area (Å²) in [7, 11) is 3.12. The molecule has 146 valence electrons. The summed E-state index contributed by atoms with van der Waals surface area (Å²) in [5.74, 6) is 0.608. The van der Waals surface area contributed by atoms with Crippen molar-refractivity contribution < 1.29 is 13.9 Å². The minimum Gasteiger partial charge on any atom is -0.481 e. The van der Waals surface area contributed by atoms with Gasteiger partial charge < -0.3 is 10.5 Å². The van der Waals surface area contributed by atoms with E-state index in [1.54, 1.807) is 31.4 Å². The second-order valence-electron chi connectivity index (χ2n) is 6.97. The number of benzene rings is 1. The maximum absolute atomic E-state index is 13.7. The van der Waals surface area contributed by atoms with Crippen LogP contribution in [-0.2, 0) is 21.5 Å². The summed E-state index contributed by atoms with van der Waals surface area (Å²) in [5, 5.41) is 0. The Balaban J connectivity index is 1.88. The van der Waals surface area contributed by atoms with E-state index in [9.17, 15) is 9.18 Å². The number of anilines is 1. The number of nitrogens with two attached hydrogens (primary N) is 1. The molecule has 0 unspecified atom stereocenters. The van der Waals surface area contributed by atoms with E-state index in [-0.39, 0.29) is 35.7 Å². The summed E-state index contributed by atoms with van der Waals surface area (Å²) in [4.78, 5) is 26.8. The predicted octanol–water partition coefficient (Wildman–Crippen LogP) is 2.41. The molecule has 28 heavy (non-hydrogen) atoms. The monoisotopic (exact) mass is 383 g/mol. The fraction of sp³-hybridized carbons (Fsp3) is 0.300. The lowest BCUT2D eigenvalue weighted by Gasteiger charge is -2.15. The number of ether oxygens (including phenoxy) is 1. The number of carbonyl (C=O) groups excluding carboxylic acids is 1. The van der Waals surface area contributed by atoms with Crippen LogP contribution in [0, 0.1) is 5.82 Å². The van der Waals surface area contributed by atoms with Gasteiger partial charge in [-0.2, -0.15) is 0 Å². The summed E-state index contributed by atoms with van der Waals surface area (Å²) in [6.07, 6.45) is 3.09. The first-order valence-corrected chi connectivity index (χ1v) is 8.70. The first-order valence-electron chi connectivity index (χ1n) is 8.70. The average Bonchev–Trinajstić information content (AvgIpc) is 2.86. The van der Waals surface area contributed by atoms with Gasteiger partial charge in [0.15, 0.2) is 5.82 Å². The molecule has 2 N–H and O–H groups in total. The molecule has 0 aliphatic carbocycles. The van der Waals surface area contributed by atoms with Crippen molar-refractivity contribution in [1.29, 1.82) is 0 Å². The van der Waals surface area contributed by atoms with Crippen LogP contribution in [0.25, 0.3) is 5.70 Å². The Hall–Kier alpha value is -3.29. The molecule has 0 spiro atoms. The maximum atomic E-state index is 13.7. The molecular weight excluding hydrogens is 361 g/mol. The zero-order valence-corrected chi connectivity index (χ0v) is 16.2. The molecule has 2 aromatic rings. The van der Waals surface area contributed by atoms with Crippen molar-refractivity contribution in [3.05, 3.63) is 59.3 Å². The molecular formula is C20H22FN5O2. The Morgan fingerprint density at radius 2 is 2.11 bits per heavy atom. The maximum Gasteiger partial charge on any atom is 0.238 e. The third-order valence-electron chi connectivity index (χ3n) is 4.71. The highest BCUT2D eigenvalue weighted by atomic mass is 19.1. The van der Waals surface area contributed by atoms with E-state index in [0.29, 0.717) is 11.4 Å². The van der Waals surface area contributed by atoms with Gasteiger partial charge in [0.1, 0.15) is 11.6 Å².